The zero-order valence-electron chi connectivity index (χ0n) is 11.2. The van der Waals surface area contributed by atoms with Crippen molar-refractivity contribution in [3.63, 3.8) is 0 Å². The lowest BCUT2D eigenvalue weighted by Crippen LogP contribution is -2.29. The van der Waals surface area contributed by atoms with Gasteiger partial charge in [-0.3, -0.25) is 9.69 Å². The molecule has 0 bridgehead atoms. The van der Waals surface area contributed by atoms with E-state index in [-0.39, 0.29) is 18.2 Å². The molecular formula is C14H21ClN2O2. The molecule has 0 aliphatic carbocycles. The molecule has 0 radical (unpaired) electrons. The van der Waals surface area contributed by atoms with Crippen molar-refractivity contribution in [3.05, 3.63) is 29.8 Å². The molecule has 0 saturated carbocycles. The Morgan fingerprint density at radius 1 is 1.47 bits per heavy atom. The number of ketones is 1. The average molecular weight is 285 g/mol. The van der Waals surface area contributed by atoms with Gasteiger partial charge in [-0.2, -0.15) is 0 Å². The van der Waals surface area contributed by atoms with Crippen LogP contribution in [-0.4, -0.2) is 43.0 Å². The Bertz CT molecular complexity index is 426. The molecule has 1 aliphatic heterocycles. The van der Waals surface area contributed by atoms with Gasteiger partial charge in [0.1, 0.15) is 12.4 Å². The third-order valence-electron chi connectivity index (χ3n) is 3.24. The molecule has 1 fully saturated rings. The molecule has 2 N–H and O–H groups in total. The Morgan fingerprint density at radius 3 is 2.84 bits per heavy atom. The second-order valence-electron chi connectivity index (χ2n) is 4.75. The number of hydrogen-bond donors (Lipinski definition) is 1. The lowest BCUT2D eigenvalue weighted by Gasteiger charge is -2.16. The highest BCUT2D eigenvalue weighted by Crippen LogP contribution is 2.18. The van der Waals surface area contributed by atoms with E-state index in [1.165, 1.54) is 0 Å². The first-order valence-electron chi connectivity index (χ1n) is 6.37. The summed E-state index contributed by atoms with van der Waals surface area (Å²) in [5.74, 6) is 0.710. The number of carbonyl (C=O) groups excluding carboxylic acids is 1. The van der Waals surface area contributed by atoms with Gasteiger partial charge in [0.25, 0.3) is 0 Å². The van der Waals surface area contributed by atoms with Gasteiger partial charge in [-0.15, -0.1) is 12.4 Å². The van der Waals surface area contributed by atoms with E-state index in [1.807, 2.05) is 18.2 Å². The lowest BCUT2D eigenvalue weighted by molar-refractivity contribution is 0.101. The number of carbonyl (C=O) groups is 1. The van der Waals surface area contributed by atoms with Crippen LogP contribution in [0.3, 0.4) is 0 Å². The van der Waals surface area contributed by atoms with Crippen molar-refractivity contribution in [2.24, 2.45) is 5.73 Å². The van der Waals surface area contributed by atoms with Crippen LogP contribution in [0.4, 0.5) is 0 Å². The molecule has 5 heteroatoms. The maximum Gasteiger partial charge on any atom is 0.163 e. The van der Waals surface area contributed by atoms with Gasteiger partial charge in [-0.1, -0.05) is 12.1 Å². The standard InChI is InChI=1S/C14H20N2O2.ClH/c1-11(17)13-4-2-3-5-14(13)18-9-8-16-7-6-12(15)10-16;/h2-5,12H,6-10,15H2,1H3;1H. The van der Waals surface area contributed by atoms with E-state index in [1.54, 1.807) is 13.0 Å². The van der Waals surface area contributed by atoms with Gasteiger partial charge in [0, 0.05) is 19.1 Å². The van der Waals surface area contributed by atoms with Crippen LogP contribution in [-0.2, 0) is 0 Å². The van der Waals surface area contributed by atoms with Crippen molar-refractivity contribution in [2.75, 3.05) is 26.2 Å². The fourth-order valence-corrected chi connectivity index (χ4v) is 2.23. The smallest absolute Gasteiger partial charge is 0.163 e. The Morgan fingerprint density at radius 2 is 2.21 bits per heavy atom. The summed E-state index contributed by atoms with van der Waals surface area (Å²) >= 11 is 0. The Hall–Kier alpha value is -1.10. The quantitative estimate of drug-likeness (QED) is 0.837. The highest BCUT2D eigenvalue weighted by molar-refractivity contribution is 5.96. The maximum atomic E-state index is 11.4. The molecule has 1 unspecified atom stereocenters. The van der Waals surface area contributed by atoms with Crippen LogP contribution in [0.5, 0.6) is 5.75 Å². The zero-order chi connectivity index (χ0) is 13.0. The van der Waals surface area contributed by atoms with Crippen molar-refractivity contribution < 1.29 is 9.53 Å². The normalized spacial score (nSPS) is 18.9. The van der Waals surface area contributed by atoms with Crippen LogP contribution in [0.15, 0.2) is 24.3 Å². The van der Waals surface area contributed by atoms with Crippen molar-refractivity contribution in [3.8, 4) is 5.75 Å². The number of hydrogen-bond acceptors (Lipinski definition) is 4. The molecule has 106 valence electrons. The molecule has 0 aromatic heterocycles. The van der Waals surface area contributed by atoms with Crippen molar-refractivity contribution >= 4 is 18.2 Å². The van der Waals surface area contributed by atoms with Crippen molar-refractivity contribution in [1.82, 2.24) is 4.90 Å². The number of ether oxygens (including phenoxy) is 1. The highest BCUT2D eigenvalue weighted by atomic mass is 35.5. The third kappa shape index (κ3) is 4.49. The van der Waals surface area contributed by atoms with Gasteiger partial charge in [0.15, 0.2) is 5.78 Å². The fourth-order valence-electron chi connectivity index (χ4n) is 2.23. The van der Waals surface area contributed by atoms with Crippen molar-refractivity contribution in [1.29, 1.82) is 0 Å². The molecule has 1 saturated heterocycles. The highest BCUT2D eigenvalue weighted by Gasteiger charge is 2.18. The van der Waals surface area contributed by atoms with E-state index in [9.17, 15) is 4.79 Å². The van der Waals surface area contributed by atoms with E-state index in [0.29, 0.717) is 24.0 Å². The van der Waals surface area contributed by atoms with E-state index >= 15 is 0 Å². The molecule has 1 heterocycles. The van der Waals surface area contributed by atoms with E-state index < -0.39 is 0 Å². The number of Topliss-reactive ketones (excluding diaryl/α,β-unsaturated/α-hetero) is 1. The first-order chi connectivity index (χ1) is 8.66. The third-order valence-corrected chi connectivity index (χ3v) is 3.24. The first-order valence-corrected chi connectivity index (χ1v) is 6.37. The summed E-state index contributed by atoms with van der Waals surface area (Å²) in [7, 11) is 0. The number of nitrogens with zero attached hydrogens (tertiary/aromatic N) is 1. The summed E-state index contributed by atoms with van der Waals surface area (Å²) in [5.41, 5.74) is 6.49. The average Bonchev–Trinajstić information content (AvgIpc) is 2.75. The predicted octanol–water partition coefficient (Wildman–Crippen LogP) is 1.72. The zero-order valence-corrected chi connectivity index (χ0v) is 12.0. The van der Waals surface area contributed by atoms with Gasteiger partial charge < -0.3 is 10.5 Å². The van der Waals surface area contributed by atoms with Crippen LogP contribution < -0.4 is 10.5 Å². The number of nitrogens with two attached hydrogens (primary N) is 1. The minimum absolute atomic E-state index is 0. The van der Waals surface area contributed by atoms with Gasteiger partial charge in [-0.05, 0) is 32.0 Å². The summed E-state index contributed by atoms with van der Waals surface area (Å²) in [4.78, 5) is 13.7. The second kappa shape index (κ2) is 7.48. The summed E-state index contributed by atoms with van der Waals surface area (Å²) in [6.45, 7) is 5.00. The Kier molecular flexibility index (Phi) is 6.28. The number of likely N-dealkylation sites (tertiary alicyclic amines) is 1. The fraction of sp³-hybridized carbons (Fsp3) is 0.500. The molecule has 1 aromatic carbocycles. The van der Waals surface area contributed by atoms with Crippen LogP contribution in [0.2, 0.25) is 0 Å². The van der Waals surface area contributed by atoms with Crippen LogP contribution in [0, 0.1) is 0 Å². The SMILES string of the molecule is CC(=O)c1ccccc1OCCN1CCC(N)C1.Cl. The molecule has 0 amide bonds. The second-order valence-corrected chi connectivity index (χ2v) is 4.75. The van der Waals surface area contributed by atoms with Crippen LogP contribution in [0.25, 0.3) is 0 Å². The number of para-hydroxylation sites is 1. The van der Waals surface area contributed by atoms with Gasteiger partial charge in [0.2, 0.25) is 0 Å². The van der Waals surface area contributed by atoms with E-state index in [0.717, 1.165) is 26.1 Å². The maximum absolute atomic E-state index is 11.4. The molecule has 19 heavy (non-hydrogen) atoms. The monoisotopic (exact) mass is 284 g/mol. The topological polar surface area (TPSA) is 55.6 Å². The molecule has 1 aromatic rings. The molecule has 4 nitrogen and oxygen atoms in total. The number of halogens is 1. The number of rotatable bonds is 5. The molecule has 1 atom stereocenters. The largest absolute Gasteiger partial charge is 0.491 e. The number of benzene rings is 1. The molecular weight excluding hydrogens is 264 g/mol. The van der Waals surface area contributed by atoms with Gasteiger partial charge in [-0.25, -0.2) is 0 Å². The van der Waals surface area contributed by atoms with E-state index in [4.69, 9.17) is 10.5 Å². The van der Waals surface area contributed by atoms with Gasteiger partial charge in [0.05, 0.1) is 5.56 Å². The van der Waals surface area contributed by atoms with Crippen LogP contribution >= 0.6 is 12.4 Å². The lowest BCUT2D eigenvalue weighted by atomic mass is 10.1. The molecule has 2 rings (SSSR count). The van der Waals surface area contributed by atoms with Crippen molar-refractivity contribution in [2.45, 2.75) is 19.4 Å². The van der Waals surface area contributed by atoms with Crippen LogP contribution in [0.1, 0.15) is 23.7 Å². The molecule has 0 spiro atoms. The summed E-state index contributed by atoms with van der Waals surface area (Å²) in [5, 5.41) is 0. The summed E-state index contributed by atoms with van der Waals surface area (Å²) < 4.78 is 5.69. The first kappa shape index (κ1) is 16.0. The Labute approximate surface area is 120 Å². The molecule has 1 aliphatic rings. The van der Waals surface area contributed by atoms with Gasteiger partial charge >= 0.3 is 0 Å². The van der Waals surface area contributed by atoms with E-state index in [2.05, 4.69) is 4.90 Å². The minimum Gasteiger partial charge on any atom is -0.491 e. The summed E-state index contributed by atoms with van der Waals surface area (Å²) in [6.07, 6.45) is 1.06. The minimum atomic E-state index is 0. The predicted molar refractivity (Wildman–Crippen MR) is 78.2 cm³/mol. The Balaban J connectivity index is 0.00000180. The summed E-state index contributed by atoms with van der Waals surface area (Å²) in [6, 6.07) is 7.67.